The van der Waals surface area contributed by atoms with Crippen molar-refractivity contribution in [3.05, 3.63) is 11.8 Å². The number of carbonyl (C=O) groups excluding carboxylic acids is 1. The van der Waals surface area contributed by atoms with Crippen molar-refractivity contribution >= 4 is 11.6 Å². The van der Waals surface area contributed by atoms with Crippen LogP contribution >= 0.6 is 0 Å². The van der Waals surface area contributed by atoms with Gasteiger partial charge in [0.1, 0.15) is 5.82 Å². The fraction of sp³-hybridized carbons (Fsp3) is 0.636. The lowest BCUT2D eigenvalue weighted by atomic mass is 10.1. The molecule has 2 N–H and O–H groups in total. The Kier molecular flexibility index (Phi) is 4.34. The molecule has 0 fully saturated rings. The number of aryl methyl sites for hydroxylation is 1. The van der Waals surface area contributed by atoms with Crippen LogP contribution in [0.25, 0.3) is 0 Å². The smallest absolute Gasteiger partial charge is 0.168 e. The average molecular weight is 209 g/mol. The van der Waals surface area contributed by atoms with Gasteiger partial charge in [0.15, 0.2) is 5.78 Å². The van der Waals surface area contributed by atoms with Gasteiger partial charge in [-0.3, -0.25) is 9.48 Å². The highest BCUT2D eigenvalue weighted by molar-refractivity contribution is 5.99. The Morgan fingerprint density at radius 3 is 2.73 bits per heavy atom. The van der Waals surface area contributed by atoms with Gasteiger partial charge in [0.05, 0.1) is 11.8 Å². The van der Waals surface area contributed by atoms with Gasteiger partial charge in [-0.1, -0.05) is 26.2 Å². The van der Waals surface area contributed by atoms with Crippen molar-refractivity contribution in [2.75, 3.05) is 5.73 Å². The first-order valence-corrected chi connectivity index (χ1v) is 5.47. The molecule has 1 rings (SSSR count). The highest BCUT2D eigenvalue weighted by Gasteiger charge is 2.12. The number of nitrogens with two attached hydrogens (primary N) is 1. The quantitative estimate of drug-likeness (QED) is 0.577. The van der Waals surface area contributed by atoms with Gasteiger partial charge in [0.2, 0.25) is 0 Å². The molecule has 4 nitrogen and oxygen atoms in total. The Morgan fingerprint density at radius 1 is 1.47 bits per heavy atom. The normalized spacial score (nSPS) is 10.5. The summed E-state index contributed by atoms with van der Waals surface area (Å²) in [5, 5.41) is 3.95. The molecule has 84 valence electrons. The minimum absolute atomic E-state index is 0.108. The van der Waals surface area contributed by atoms with Crippen molar-refractivity contribution in [2.24, 2.45) is 7.05 Å². The lowest BCUT2D eigenvalue weighted by Gasteiger charge is -2.00. The van der Waals surface area contributed by atoms with Crippen LogP contribution in [0.3, 0.4) is 0 Å². The van der Waals surface area contributed by atoms with E-state index in [4.69, 9.17) is 5.73 Å². The SMILES string of the molecule is CCCCCCC(=O)c1cnn(C)c1N. The number of rotatable bonds is 6. The van der Waals surface area contributed by atoms with Crippen molar-refractivity contribution in [2.45, 2.75) is 39.0 Å². The zero-order valence-electron chi connectivity index (χ0n) is 9.49. The largest absolute Gasteiger partial charge is 0.383 e. The molecule has 0 aliphatic carbocycles. The molecule has 0 saturated heterocycles. The number of nitrogens with zero attached hydrogens (tertiary/aromatic N) is 2. The lowest BCUT2D eigenvalue weighted by molar-refractivity contribution is 0.0980. The first-order chi connectivity index (χ1) is 7.16. The van der Waals surface area contributed by atoms with Crippen LogP contribution in [-0.2, 0) is 7.05 Å². The van der Waals surface area contributed by atoms with Crippen molar-refractivity contribution in [3.63, 3.8) is 0 Å². The monoisotopic (exact) mass is 209 g/mol. The van der Waals surface area contributed by atoms with E-state index >= 15 is 0 Å². The van der Waals surface area contributed by atoms with E-state index < -0.39 is 0 Å². The topological polar surface area (TPSA) is 60.9 Å². The summed E-state index contributed by atoms with van der Waals surface area (Å²) >= 11 is 0. The number of ketones is 1. The van der Waals surface area contributed by atoms with Crippen molar-refractivity contribution in [1.82, 2.24) is 9.78 Å². The fourth-order valence-corrected chi connectivity index (χ4v) is 1.51. The van der Waals surface area contributed by atoms with E-state index in [1.54, 1.807) is 13.2 Å². The summed E-state index contributed by atoms with van der Waals surface area (Å²) in [5.41, 5.74) is 6.28. The van der Waals surface area contributed by atoms with Crippen molar-refractivity contribution in [1.29, 1.82) is 0 Å². The predicted octanol–water partition coefficient (Wildman–Crippen LogP) is 2.16. The molecule has 0 spiro atoms. The molecule has 0 amide bonds. The third-order valence-electron chi connectivity index (χ3n) is 2.54. The maximum atomic E-state index is 11.7. The number of carbonyl (C=O) groups is 1. The van der Waals surface area contributed by atoms with E-state index in [9.17, 15) is 4.79 Å². The zero-order valence-corrected chi connectivity index (χ0v) is 9.49. The van der Waals surface area contributed by atoms with E-state index in [1.165, 1.54) is 17.5 Å². The van der Waals surface area contributed by atoms with Crippen LogP contribution in [0.4, 0.5) is 5.82 Å². The summed E-state index contributed by atoms with van der Waals surface area (Å²) in [6, 6.07) is 0. The van der Waals surface area contributed by atoms with Crippen LogP contribution in [0.1, 0.15) is 49.4 Å². The van der Waals surface area contributed by atoms with Crippen LogP contribution in [0.2, 0.25) is 0 Å². The number of Topliss-reactive ketones (excluding diaryl/α,β-unsaturated/α-hetero) is 1. The average Bonchev–Trinajstić information content (AvgIpc) is 2.55. The second-order valence-electron chi connectivity index (χ2n) is 3.80. The van der Waals surface area contributed by atoms with Gasteiger partial charge in [-0.2, -0.15) is 5.10 Å². The lowest BCUT2D eigenvalue weighted by Crippen LogP contribution is -2.04. The van der Waals surface area contributed by atoms with Gasteiger partial charge in [-0.25, -0.2) is 0 Å². The number of hydrogen-bond acceptors (Lipinski definition) is 3. The van der Waals surface area contributed by atoms with Gasteiger partial charge in [-0.15, -0.1) is 0 Å². The third kappa shape index (κ3) is 3.08. The van der Waals surface area contributed by atoms with Crippen LogP contribution in [-0.4, -0.2) is 15.6 Å². The first kappa shape index (κ1) is 11.8. The maximum absolute atomic E-state index is 11.7. The molecule has 0 aliphatic heterocycles. The molecule has 0 atom stereocenters. The van der Waals surface area contributed by atoms with Crippen molar-refractivity contribution in [3.8, 4) is 0 Å². The third-order valence-corrected chi connectivity index (χ3v) is 2.54. The summed E-state index contributed by atoms with van der Waals surface area (Å²) < 4.78 is 1.53. The molecule has 1 aromatic heterocycles. The van der Waals surface area contributed by atoms with Crippen molar-refractivity contribution < 1.29 is 4.79 Å². The Labute approximate surface area is 90.5 Å². The molecular formula is C11H19N3O. The molecule has 4 heteroatoms. The Balaban J connectivity index is 2.44. The van der Waals surface area contributed by atoms with Crippen LogP contribution in [0, 0.1) is 0 Å². The van der Waals surface area contributed by atoms with Gasteiger partial charge in [0.25, 0.3) is 0 Å². The highest BCUT2D eigenvalue weighted by atomic mass is 16.1. The van der Waals surface area contributed by atoms with Crippen LogP contribution in [0.15, 0.2) is 6.20 Å². The van der Waals surface area contributed by atoms with E-state index in [1.807, 2.05) is 0 Å². The van der Waals surface area contributed by atoms with Gasteiger partial charge in [-0.05, 0) is 6.42 Å². The zero-order chi connectivity index (χ0) is 11.3. The second-order valence-corrected chi connectivity index (χ2v) is 3.80. The molecule has 0 saturated carbocycles. The van der Waals surface area contributed by atoms with E-state index in [2.05, 4.69) is 12.0 Å². The van der Waals surface area contributed by atoms with Gasteiger partial charge < -0.3 is 5.73 Å². The molecular weight excluding hydrogens is 190 g/mol. The molecule has 1 aromatic rings. The van der Waals surface area contributed by atoms with E-state index in [0.29, 0.717) is 17.8 Å². The maximum Gasteiger partial charge on any atom is 0.168 e. The minimum atomic E-state index is 0.108. The summed E-state index contributed by atoms with van der Waals surface area (Å²) in [6.07, 6.45) is 6.57. The number of anilines is 1. The molecule has 15 heavy (non-hydrogen) atoms. The van der Waals surface area contributed by atoms with E-state index in [-0.39, 0.29) is 5.78 Å². The summed E-state index contributed by atoms with van der Waals surface area (Å²) in [4.78, 5) is 11.7. The molecule has 0 aliphatic rings. The summed E-state index contributed by atoms with van der Waals surface area (Å²) in [6.45, 7) is 2.15. The summed E-state index contributed by atoms with van der Waals surface area (Å²) in [7, 11) is 1.74. The standard InChI is InChI=1S/C11H19N3O/c1-3-4-5-6-7-10(15)9-8-13-14(2)11(9)12/h8H,3-7,12H2,1-2H3. The Morgan fingerprint density at radius 2 is 2.20 bits per heavy atom. The predicted molar refractivity (Wildman–Crippen MR) is 60.7 cm³/mol. The molecule has 0 aromatic carbocycles. The fourth-order valence-electron chi connectivity index (χ4n) is 1.51. The highest BCUT2D eigenvalue weighted by Crippen LogP contribution is 2.14. The second kappa shape index (κ2) is 5.53. The molecule has 1 heterocycles. The number of unbranched alkanes of at least 4 members (excludes halogenated alkanes) is 3. The summed E-state index contributed by atoms with van der Waals surface area (Å²) in [5.74, 6) is 0.576. The number of aromatic nitrogens is 2. The molecule has 0 bridgehead atoms. The van der Waals surface area contributed by atoms with Gasteiger partial charge in [0, 0.05) is 13.5 Å². The molecule has 0 radical (unpaired) electrons. The van der Waals surface area contributed by atoms with Crippen LogP contribution in [0.5, 0.6) is 0 Å². The van der Waals surface area contributed by atoms with E-state index in [0.717, 1.165) is 12.8 Å². The van der Waals surface area contributed by atoms with Gasteiger partial charge >= 0.3 is 0 Å². The molecule has 0 unspecified atom stereocenters. The number of nitrogen functional groups attached to an aromatic ring is 1. The Hall–Kier alpha value is -1.32. The van der Waals surface area contributed by atoms with Crippen LogP contribution < -0.4 is 5.73 Å². The Bertz CT molecular complexity index is 331. The number of hydrogen-bond donors (Lipinski definition) is 1. The first-order valence-electron chi connectivity index (χ1n) is 5.47. The minimum Gasteiger partial charge on any atom is -0.383 e.